The molecule has 0 unspecified atom stereocenters. The van der Waals surface area contributed by atoms with E-state index in [0.717, 1.165) is 5.56 Å². The molecule has 1 heterocycles. The Morgan fingerprint density at radius 2 is 2.00 bits per heavy atom. The van der Waals surface area contributed by atoms with Gasteiger partial charge >= 0.3 is 0 Å². The summed E-state index contributed by atoms with van der Waals surface area (Å²) in [4.78, 5) is 29.1. The fraction of sp³-hybridized carbons (Fsp3) is 0.211. The second kappa shape index (κ2) is 7.17. The number of oxime groups is 1. The standard InChI is InChI=1S/C19H18N2O4/c1-12(22)13-5-3-7-15(9-13)20-19(23)18-11-17(21-25-18)14-6-4-8-16(10-14)24-2/h3-10,18H,11H2,1-2H3,(H,20,23)/t18-/m0/s1. The highest BCUT2D eigenvalue weighted by Gasteiger charge is 2.29. The van der Waals surface area contributed by atoms with E-state index in [-0.39, 0.29) is 11.7 Å². The number of carbonyl (C=O) groups is 2. The molecule has 1 amide bonds. The van der Waals surface area contributed by atoms with E-state index < -0.39 is 6.10 Å². The van der Waals surface area contributed by atoms with Gasteiger partial charge in [-0.25, -0.2) is 0 Å². The highest BCUT2D eigenvalue weighted by atomic mass is 16.6. The van der Waals surface area contributed by atoms with Crippen LogP contribution in [0.4, 0.5) is 5.69 Å². The first-order chi connectivity index (χ1) is 12.1. The number of rotatable bonds is 5. The number of nitrogens with zero attached hydrogens (tertiary/aromatic N) is 1. The Labute approximate surface area is 145 Å². The second-order valence-electron chi connectivity index (χ2n) is 5.69. The van der Waals surface area contributed by atoms with Crippen molar-refractivity contribution in [2.75, 3.05) is 12.4 Å². The minimum Gasteiger partial charge on any atom is -0.497 e. The van der Waals surface area contributed by atoms with Gasteiger partial charge in [0.25, 0.3) is 5.91 Å². The lowest BCUT2D eigenvalue weighted by atomic mass is 10.0. The predicted octanol–water partition coefficient (Wildman–Crippen LogP) is 3.03. The number of hydrogen-bond acceptors (Lipinski definition) is 5. The number of amides is 1. The summed E-state index contributed by atoms with van der Waals surface area (Å²) in [6.45, 7) is 1.48. The van der Waals surface area contributed by atoms with Crippen molar-refractivity contribution in [3.05, 3.63) is 59.7 Å². The number of methoxy groups -OCH3 is 1. The number of nitrogens with one attached hydrogen (secondary N) is 1. The van der Waals surface area contributed by atoms with Gasteiger partial charge < -0.3 is 14.9 Å². The number of ketones is 1. The van der Waals surface area contributed by atoms with E-state index in [1.165, 1.54) is 6.92 Å². The van der Waals surface area contributed by atoms with Crippen molar-refractivity contribution in [2.24, 2.45) is 5.16 Å². The van der Waals surface area contributed by atoms with Crippen LogP contribution in [0.1, 0.15) is 29.3 Å². The summed E-state index contributed by atoms with van der Waals surface area (Å²) in [6, 6.07) is 14.2. The predicted molar refractivity (Wildman–Crippen MR) is 94.1 cm³/mol. The smallest absolute Gasteiger partial charge is 0.268 e. The third kappa shape index (κ3) is 3.85. The van der Waals surface area contributed by atoms with Gasteiger partial charge in [0, 0.05) is 23.2 Å². The Morgan fingerprint density at radius 3 is 2.76 bits per heavy atom. The molecule has 3 rings (SSSR count). The van der Waals surface area contributed by atoms with E-state index in [1.54, 1.807) is 31.4 Å². The van der Waals surface area contributed by atoms with Gasteiger partial charge in [0.2, 0.25) is 6.10 Å². The van der Waals surface area contributed by atoms with Gasteiger partial charge in [-0.05, 0) is 31.2 Å². The van der Waals surface area contributed by atoms with Crippen LogP contribution in [0.15, 0.2) is 53.7 Å². The molecule has 0 bridgehead atoms. The summed E-state index contributed by atoms with van der Waals surface area (Å²) in [5.74, 6) is 0.355. The zero-order valence-corrected chi connectivity index (χ0v) is 14.0. The van der Waals surface area contributed by atoms with Crippen LogP contribution in [0.25, 0.3) is 0 Å². The average Bonchev–Trinajstić information content (AvgIpc) is 3.12. The maximum atomic E-state index is 12.4. The molecule has 6 nitrogen and oxygen atoms in total. The zero-order valence-electron chi connectivity index (χ0n) is 14.0. The van der Waals surface area contributed by atoms with Crippen molar-refractivity contribution in [1.82, 2.24) is 0 Å². The molecule has 1 atom stereocenters. The van der Waals surface area contributed by atoms with Gasteiger partial charge in [-0.3, -0.25) is 9.59 Å². The van der Waals surface area contributed by atoms with E-state index in [4.69, 9.17) is 9.57 Å². The highest BCUT2D eigenvalue weighted by Crippen LogP contribution is 2.21. The summed E-state index contributed by atoms with van der Waals surface area (Å²) in [7, 11) is 1.59. The van der Waals surface area contributed by atoms with Crippen molar-refractivity contribution < 1.29 is 19.2 Å². The molecule has 0 saturated carbocycles. The van der Waals surface area contributed by atoms with Crippen LogP contribution in [0, 0.1) is 0 Å². The number of benzene rings is 2. The van der Waals surface area contributed by atoms with Crippen molar-refractivity contribution in [3.63, 3.8) is 0 Å². The Balaban J connectivity index is 1.65. The molecule has 0 fully saturated rings. The first-order valence-electron chi connectivity index (χ1n) is 7.86. The molecule has 0 radical (unpaired) electrons. The summed E-state index contributed by atoms with van der Waals surface area (Å²) in [5, 5.41) is 6.78. The van der Waals surface area contributed by atoms with E-state index in [2.05, 4.69) is 10.5 Å². The normalized spacial score (nSPS) is 15.9. The molecule has 25 heavy (non-hydrogen) atoms. The first-order valence-corrected chi connectivity index (χ1v) is 7.86. The molecule has 0 aromatic heterocycles. The number of anilines is 1. The first kappa shape index (κ1) is 16.7. The monoisotopic (exact) mass is 338 g/mol. The van der Waals surface area contributed by atoms with Crippen LogP contribution >= 0.6 is 0 Å². The molecular formula is C19H18N2O4. The highest BCUT2D eigenvalue weighted by molar-refractivity contribution is 6.06. The molecule has 1 aliphatic heterocycles. The van der Waals surface area contributed by atoms with Crippen molar-refractivity contribution in [2.45, 2.75) is 19.4 Å². The quantitative estimate of drug-likeness (QED) is 0.850. The van der Waals surface area contributed by atoms with Crippen LogP contribution in [0.5, 0.6) is 5.75 Å². The molecule has 1 N–H and O–H groups in total. The van der Waals surface area contributed by atoms with Crippen molar-refractivity contribution >= 4 is 23.1 Å². The maximum Gasteiger partial charge on any atom is 0.268 e. The van der Waals surface area contributed by atoms with E-state index in [0.29, 0.717) is 29.1 Å². The number of ether oxygens (including phenoxy) is 1. The van der Waals surface area contributed by atoms with Crippen LogP contribution in [-0.2, 0) is 9.63 Å². The van der Waals surface area contributed by atoms with E-state index in [1.807, 2.05) is 24.3 Å². The molecule has 0 spiro atoms. The Bertz CT molecular complexity index is 845. The molecule has 2 aromatic carbocycles. The topological polar surface area (TPSA) is 77.0 Å². The van der Waals surface area contributed by atoms with Gasteiger partial charge in [0.1, 0.15) is 5.75 Å². The summed E-state index contributed by atoms with van der Waals surface area (Å²) >= 11 is 0. The minimum atomic E-state index is -0.706. The number of hydrogen-bond donors (Lipinski definition) is 1. The zero-order chi connectivity index (χ0) is 17.8. The third-order valence-electron chi connectivity index (χ3n) is 3.90. The molecule has 1 aliphatic rings. The Kier molecular flexibility index (Phi) is 4.79. The van der Waals surface area contributed by atoms with Gasteiger partial charge in [-0.15, -0.1) is 0 Å². The molecule has 0 saturated heterocycles. The largest absolute Gasteiger partial charge is 0.497 e. The lowest BCUT2D eigenvalue weighted by Crippen LogP contribution is -2.28. The van der Waals surface area contributed by atoms with Crippen LogP contribution in [-0.4, -0.2) is 30.6 Å². The molecular weight excluding hydrogens is 320 g/mol. The van der Waals surface area contributed by atoms with E-state index >= 15 is 0 Å². The third-order valence-corrected chi connectivity index (χ3v) is 3.90. The van der Waals surface area contributed by atoms with Gasteiger partial charge in [0.15, 0.2) is 5.78 Å². The lowest BCUT2D eigenvalue weighted by Gasteiger charge is -2.10. The van der Waals surface area contributed by atoms with Crippen molar-refractivity contribution in [3.8, 4) is 5.75 Å². The van der Waals surface area contributed by atoms with Gasteiger partial charge in [-0.1, -0.05) is 29.4 Å². The number of Topliss-reactive ketones (excluding diaryl/α,β-unsaturated/α-hetero) is 1. The molecule has 6 heteroatoms. The maximum absolute atomic E-state index is 12.4. The fourth-order valence-corrected chi connectivity index (χ4v) is 2.53. The number of carbonyl (C=O) groups excluding carboxylic acids is 2. The van der Waals surface area contributed by atoms with Crippen LogP contribution in [0.3, 0.4) is 0 Å². The Morgan fingerprint density at radius 1 is 1.20 bits per heavy atom. The fourth-order valence-electron chi connectivity index (χ4n) is 2.53. The average molecular weight is 338 g/mol. The summed E-state index contributed by atoms with van der Waals surface area (Å²) in [5.41, 5.74) is 2.64. The SMILES string of the molecule is COc1cccc(C2=NO[C@H](C(=O)Nc3cccc(C(C)=O)c3)C2)c1. The summed E-state index contributed by atoms with van der Waals surface area (Å²) < 4.78 is 5.20. The lowest BCUT2D eigenvalue weighted by molar-refractivity contribution is -0.125. The second-order valence-corrected chi connectivity index (χ2v) is 5.69. The molecule has 128 valence electrons. The summed E-state index contributed by atoms with van der Waals surface area (Å²) in [6.07, 6.45) is -0.340. The van der Waals surface area contributed by atoms with E-state index in [9.17, 15) is 9.59 Å². The minimum absolute atomic E-state index is 0.0585. The van der Waals surface area contributed by atoms with Gasteiger partial charge in [0.05, 0.1) is 12.8 Å². The van der Waals surface area contributed by atoms with Gasteiger partial charge in [-0.2, -0.15) is 0 Å². The van der Waals surface area contributed by atoms with Crippen LogP contribution < -0.4 is 10.1 Å². The molecule has 2 aromatic rings. The van der Waals surface area contributed by atoms with Crippen molar-refractivity contribution in [1.29, 1.82) is 0 Å². The Hall–Kier alpha value is -3.15. The molecule has 0 aliphatic carbocycles. The van der Waals surface area contributed by atoms with Crippen LogP contribution in [0.2, 0.25) is 0 Å².